The van der Waals surface area contributed by atoms with Crippen molar-refractivity contribution in [2.24, 2.45) is 0 Å². The molecule has 0 amide bonds. The molecule has 1 N–H and O–H groups in total. The molecular weight excluding hydrogens is 380 g/mol. The maximum Gasteiger partial charge on any atom is 0.356 e. The summed E-state index contributed by atoms with van der Waals surface area (Å²) in [6, 6.07) is 19.2. The number of nitrogens with zero attached hydrogens (tertiary/aromatic N) is 1. The second-order valence-electron chi connectivity index (χ2n) is 6.80. The molecule has 4 rings (SSSR count). The van der Waals surface area contributed by atoms with Crippen molar-refractivity contribution in [2.75, 3.05) is 21.3 Å². The largest absolute Gasteiger partial charge is 0.497 e. The number of benzene rings is 2. The van der Waals surface area contributed by atoms with Gasteiger partial charge in [-0.25, -0.2) is 9.78 Å². The van der Waals surface area contributed by atoms with Gasteiger partial charge in [0.05, 0.1) is 27.0 Å². The Hall–Kier alpha value is -3.80. The van der Waals surface area contributed by atoms with Crippen molar-refractivity contribution in [3.8, 4) is 22.8 Å². The predicted molar refractivity (Wildman–Crippen MR) is 115 cm³/mol. The first-order valence-corrected chi connectivity index (χ1v) is 9.50. The topological polar surface area (TPSA) is 73.4 Å². The number of ether oxygens (including phenoxy) is 3. The Balaban J connectivity index is 1.85. The van der Waals surface area contributed by atoms with Crippen LogP contribution in [0, 0.1) is 0 Å². The van der Waals surface area contributed by atoms with Crippen molar-refractivity contribution in [1.82, 2.24) is 9.97 Å². The lowest BCUT2D eigenvalue weighted by Gasteiger charge is -2.08. The Kier molecular flexibility index (Phi) is 5.39. The summed E-state index contributed by atoms with van der Waals surface area (Å²) >= 11 is 0. The number of H-pyrrole nitrogens is 1. The second-order valence-corrected chi connectivity index (χ2v) is 6.80. The minimum Gasteiger partial charge on any atom is -0.497 e. The highest BCUT2D eigenvalue weighted by molar-refractivity contribution is 5.92. The van der Waals surface area contributed by atoms with Gasteiger partial charge in [-0.15, -0.1) is 0 Å². The molecule has 0 spiro atoms. The molecule has 4 aromatic rings. The SMILES string of the molecule is COC(=O)c1cccc(Cc2c(-c3cccc(OC)c3)[nH]c3cc(OC)ccc23)n1. The summed E-state index contributed by atoms with van der Waals surface area (Å²) in [5.41, 5.74) is 5.09. The van der Waals surface area contributed by atoms with E-state index in [0.717, 1.165) is 44.9 Å². The van der Waals surface area contributed by atoms with Crippen molar-refractivity contribution in [3.05, 3.63) is 77.6 Å². The number of aromatic amines is 1. The van der Waals surface area contributed by atoms with Crippen LogP contribution in [0.5, 0.6) is 11.5 Å². The molecule has 0 bridgehead atoms. The molecule has 0 saturated carbocycles. The number of fused-ring (bicyclic) bond motifs is 1. The van der Waals surface area contributed by atoms with Gasteiger partial charge < -0.3 is 19.2 Å². The molecule has 0 aliphatic rings. The summed E-state index contributed by atoms with van der Waals surface area (Å²) in [6.07, 6.45) is 0.545. The molecule has 152 valence electrons. The fourth-order valence-corrected chi connectivity index (χ4v) is 3.55. The Labute approximate surface area is 174 Å². The van der Waals surface area contributed by atoms with Gasteiger partial charge in [-0.3, -0.25) is 0 Å². The zero-order valence-electron chi connectivity index (χ0n) is 17.1. The van der Waals surface area contributed by atoms with E-state index in [-0.39, 0.29) is 0 Å². The molecule has 0 unspecified atom stereocenters. The van der Waals surface area contributed by atoms with E-state index >= 15 is 0 Å². The maximum atomic E-state index is 11.9. The van der Waals surface area contributed by atoms with E-state index in [1.54, 1.807) is 20.3 Å². The van der Waals surface area contributed by atoms with Gasteiger partial charge in [0, 0.05) is 34.6 Å². The van der Waals surface area contributed by atoms with Crippen LogP contribution in [0.1, 0.15) is 21.7 Å². The van der Waals surface area contributed by atoms with E-state index in [2.05, 4.69) is 9.97 Å². The van der Waals surface area contributed by atoms with Crippen molar-refractivity contribution >= 4 is 16.9 Å². The van der Waals surface area contributed by atoms with Crippen LogP contribution < -0.4 is 9.47 Å². The van der Waals surface area contributed by atoms with Crippen LogP contribution in [0.4, 0.5) is 0 Å². The summed E-state index contributed by atoms with van der Waals surface area (Å²) in [4.78, 5) is 19.9. The van der Waals surface area contributed by atoms with Gasteiger partial charge in [-0.1, -0.05) is 18.2 Å². The fourth-order valence-electron chi connectivity index (χ4n) is 3.55. The smallest absolute Gasteiger partial charge is 0.356 e. The maximum absolute atomic E-state index is 11.9. The first-order valence-electron chi connectivity index (χ1n) is 9.50. The fraction of sp³-hybridized carbons (Fsp3) is 0.167. The molecule has 0 radical (unpaired) electrons. The Bertz CT molecular complexity index is 1210. The van der Waals surface area contributed by atoms with Crippen LogP contribution in [0.15, 0.2) is 60.7 Å². The van der Waals surface area contributed by atoms with E-state index in [1.807, 2.05) is 54.6 Å². The van der Waals surface area contributed by atoms with Crippen LogP contribution in [0.3, 0.4) is 0 Å². The number of hydrogen-bond acceptors (Lipinski definition) is 5. The third kappa shape index (κ3) is 3.72. The lowest BCUT2D eigenvalue weighted by atomic mass is 10.0. The first kappa shape index (κ1) is 19.5. The molecule has 6 nitrogen and oxygen atoms in total. The summed E-state index contributed by atoms with van der Waals surface area (Å²) in [5.74, 6) is 1.10. The quantitative estimate of drug-likeness (QED) is 0.476. The average Bonchev–Trinajstić information content (AvgIpc) is 3.16. The Morgan fingerprint density at radius 3 is 2.47 bits per heavy atom. The van der Waals surface area contributed by atoms with E-state index in [0.29, 0.717) is 12.1 Å². The Morgan fingerprint density at radius 2 is 1.70 bits per heavy atom. The zero-order valence-corrected chi connectivity index (χ0v) is 17.1. The van der Waals surface area contributed by atoms with Gasteiger partial charge in [0.25, 0.3) is 0 Å². The summed E-state index contributed by atoms with van der Waals surface area (Å²) in [7, 11) is 4.65. The number of aromatic nitrogens is 2. The van der Waals surface area contributed by atoms with Gasteiger partial charge in [0.15, 0.2) is 0 Å². The molecule has 0 aliphatic carbocycles. The molecule has 2 aromatic heterocycles. The van der Waals surface area contributed by atoms with Crippen molar-refractivity contribution in [3.63, 3.8) is 0 Å². The molecule has 0 fully saturated rings. The highest BCUT2D eigenvalue weighted by Gasteiger charge is 2.16. The summed E-state index contributed by atoms with van der Waals surface area (Å²) in [6.45, 7) is 0. The molecule has 0 aliphatic heterocycles. The highest BCUT2D eigenvalue weighted by atomic mass is 16.5. The van der Waals surface area contributed by atoms with Gasteiger partial charge in [0.1, 0.15) is 17.2 Å². The van der Waals surface area contributed by atoms with E-state index in [9.17, 15) is 4.79 Å². The van der Waals surface area contributed by atoms with Gasteiger partial charge in [-0.2, -0.15) is 0 Å². The van der Waals surface area contributed by atoms with Crippen molar-refractivity contribution < 1.29 is 19.0 Å². The zero-order chi connectivity index (χ0) is 21.1. The Morgan fingerprint density at radius 1 is 0.933 bits per heavy atom. The molecule has 2 aromatic carbocycles. The highest BCUT2D eigenvalue weighted by Crippen LogP contribution is 2.35. The summed E-state index contributed by atoms with van der Waals surface area (Å²) in [5, 5.41) is 1.07. The number of rotatable bonds is 6. The van der Waals surface area contributed by atoms with Crippen LogP contribution in [-0.4, -0.2) is 37.3 Å². The third-order valence-electron chi connectivity index (χ3n) is 5.03. The van der Waals surface area contributed by atoms with E-state index in [1.165, 1.54) is 7.11 Å². The number of nitrogens with one attached hydrogen (secondary N) is 1. The lowest BCUT2D eigenvalue weighted by molar-refractivity contribution is 0.0593. The van der Waals surface area contributed by atoms with Gasteiger partial charge in [-0.05, 0) is 42.0 Å². The van der Waals surface area contributed by atoms with E-state index < -0.39 is 5.97 Å². The van der Waals surface area contributed by atoms with Crippen LogP contribution >= 0.6 is 0 Å². The number of esters is 1. The second kappa shape index (κ2) is 8.29. The number of hydrogen-bond donors (Lipinski definition) is 1. The normalized spacial score (nSPS) is 10.8. The van der Waals surface area contributed by atoms with E-state index in [4.69, 9.17) is 14.2 Å². The van der Waals surface area contributed by atoms with Crippen LogP contribution in [0.25, 0.3) is 22.2 Å². The minimum absolute atomic E-state index is 0.291. The number of carbonyl (C=O) groups is 1. The minimum atomic E-state index is -0.450. The molecule has 30 heavy (non-hydrogen) atoms. The molecule has 0 atom stereocenters. The number of carbonyl (C=O) groups excluding carboxylic acids is 1. The molecule has 0 saturated heterocycles. The third-order valence-corrected chi connectivity index (χ3v) is 5.03. The summed E-state index contributed by atoms with van der Waals surface area (Å²) < 4.78 is 15.6. The van der Waals surface area contributed by atoms with Gasteiger partial charge in [0.2, 0.25) is 0 Å². The van der Waals surface area contributed by atoms with Gasteiger partial charge >= 0.3 is 5.97 Å². The number of pyridine rings is 1. The van der Waals surface area contributed by atoms with Crippen molar-refractivity contribution in [2.45, 2.75) is 6.42 Å². The van der Waals surface area contributed by atoms with Crippen LogP contribution in [0.2, 0.25) is 0 Å². The molecule has 6 heteroatoms. The first-order chi connectivity index (χ1) is 14.6. The monoisotopic (exact) mass is 402 g/mol. The standard InChI is InChI=1S/C24H22N2O4/c1-28-17-8-4-6-15(12-17)23-20(19-11-10-18(29-2)14-22(19)26-23)13-16-7-5-9-21(25-16)24(27)30-3/h4-12,14,26H,13H2,1-3H3. The van der Waals surface area contributed by atoms with Crippen molar-refractivity contribution in [1.29, 1.82) is 0 Å². The molecular formula is C24H22N2O4. The predicted octanol–water partition coefficient (Wildman–Crippen LogP) is 4.62. The average molecular weight is 402 g/mol. The number of methoxy groups -OCH3 is 3. The molecule has 2 heterocycles. The lowest BCUT2D eigenvalue weighted by Crippen LogP contribution is -2.06. The van der Waals surface area contributed by atoms with Crippen LogP contribution in [-0.2, 0) is 11.2 Å².